The van der Waals surface area contributed by atoms with Crippen LogP contribution in [0.2, 0.25) is 0 Å². The van der Waals surface area contributed by atoms with Crippen molar-refractivity contribution in [3.63, 3.8) is 0 Å². The molecule has 1 aliphatic rings. The van der Waals surface area contributed by atoms with Crippen LogP contribution in [0.5, 0.6) is 0 Å². The van der Waals surface area contributed by atoms with Gasteiger partial charge in [0, 0.05) is 17.8 Å². The van der Waals surface area contributed by atoms with E-state index in [1.165, 1.54) is 24.2 Å². The Morgan fingerprint density at radius 3 is 2.58 bits per heavy atom. The van der Waals surface area contributed by atoms with Gasteiger partial charge in [-0.15, -0.1) is 10.2 Å². The number of hydrogen-bond donors (Lipinski definition) is 2. The average Bonchev–Trinajstić information content (AvgIpc) is 3.23. The van der Waals surface area contributed by atoms with Crippen molar-refractivity contribution < 1.29 is 18.0 Å². The number of thioether (sulfide) groups is 1. The van der Waals surface area contributed by atoms with Gasteiger partial charge in [-0.25, -0.2) is 0 Å². The summed E-state index contributed by atoms with van der Waals surface area (Å²) in [6, 6.07) is 5.54. The van der Waals surface area contributed by atoms with Crippen LogP contribution >= 0.6 is 11.8 Å². The molecule has 0 atom stereocenters. The van der Waals surface area contributed by atoms with Gasteiger partial charge in [0.1, 0.15) is 0 Å². The Balaban J connectivity index is 1.72. The van der Waals surface area contributed by atoms with Crippen molar-refractivity contribution in [2.24, 2.45) is 0 Å². The summed E-state index contributed by atoms with van der Waals surface area (Å²) >= 11 is 1.36. The van der Waals surface area contributed by atoms with Crippen LogP contribution in [0.1, 0.15) is 76.2 Å². The Morgan fingerprint density at radius 2 is 1.91 bits per heavy atom. The zero-order valence-electron chi connectivity index (χ0n) is 19.1. The SMILES string of the molecule is CCC(CC)NC(=O)CSc1nnc(CNc2cccc(C(F)(F)F)c2)n1C1CCCCC1. The standard InChI is InChI=1S/C23H32F3N5OS/c1-3-17(4-2)28-21(32)15-33-22-30-29-20(31(22)19-11-6-5-7-12-19)14-27-18-10-8-9-16(13-18)23(24,25)26/h8-10,13,17,19,27H,3-7,11-12,14-15H2,1-2H3,(H,28,32). The summed E-state index contributed by atoms with van der Waals surface area (Å²) in [5.41, 5.74) is -0.317. The minimum atomic E-state index is -4.39. The van der Waals surface area contributed by atoms with E-state index in [0.717, 1.165) is 50.7 Å². The van der Waals surface area contributed by atoms with Crippen LogP contribution in [-0.2, 0) is 17.5 Å². The zero-order chi connectivity index (χ0) is 23.8. The number of halogens is 3. The second-order valence-corrected chi connectivity index (χ2v) is 9.30. The summed E-state index contributed by atoms with van der Waals surface area (Å²) in [7, 11) is 0. The van der Waals surface area contributed by atoms with E-state index in [-0.39, 0.29) is 30.3 Å². The smallest absolute Gasteiger partial charge is 0.378 e. The molecule has 0 aliphatic heterocycles. The number of carbonyl (C=O) groups is 1. The third-order valence-electron chi connectivity index (χ3n) is 6.00. The molecule has 2 N–H and O–H groups in total. The molecule has 1 amide bonds. The lowest BCUT2D eigenvalue weighted by Crippen LogP contribution is -2.35. The van der Waals surface area contributed by atoms with Crippen LogP contribution in [0.15, 0.2) is 29.4 Å². The van der Waals surface area contributed by atoms with Gasteiger partial charge in [-0.1, -0.05) is 50.9 Å². The minimum Gasteiger partial charge on any atom is -0.378 e. The highest BCUT2D eigenvalue weighted by Gasteiger charge is 2.30. The zero-order valence-corrected chi connectivity index (χ0v) is 19.9. The van der Waals surface area contributed by atoms with Crippen LogP contribution in [0.25, 0.3) is 0 Å². The van der Waals surface area contributed by atoms with Crippen molar-refractivity contribution >= 4 is 23.4 Å². The summed E-state index contributed by atoms with van der Waals surface area (Å²) in [5, 5.41) is 15.4. The van der Waals surface area contributed by atoms with Crippen LogP contribution in [0.3, 0.4) is 0 Å². The number of alkyl halides is 3. The predicted molar refractivity (Wildman–Crippen MR) is 124 cm³/mol. The summed E-state index contributed by atoms with van der Waals surface area (Å²) in [5.74, 6) is 0.889. The van der Waals surface area contributed by atoms with Crippen LogP contribution < -0.4 is 10.6 Å². The molecule has 1 aromatic heterocycles. The predicted octanol–water partition coefficient (Wildman–Crippen LogP) is 5.81. The van der Waals surface area contributed by atoms with Crippen molar-refractivity contribution in [2.75, 3.05) is 11.1 Å². The van der Waals surface area contributed by atoms with Gasteiger partial charge in [-0.2, -0.15) is 13.2 Å². The third kappa shape index (κ3) is 7.12. The molecule has 33 heavy (non-hydrogen) atoms. The molecule has 182 valence electrons. The third-order valence-corrected chi connectivity index (χ3v) is 6.94. The molecule has 2 aromatic rings. The van der Waals surface area contributed by atoms with Crippen molar-refractivity contribution in [2.45, 2.75) is 88.8 Å². The van der Waals surface area contributed by atoms with Crippen molar-refractivity contribution in [1.29, 1.82) is 0 Å². The normalized spacial score (nSPS) is 15.1. The lowest BCUT2D eigenvalue weighted by atomic mass is 9.95. The van der Waals surface area contributed by atoms with Gasteiger partial charge in [0.25, 0.3) is 0 Å². The van der Waals surface area contributed by atoms with Crippen molar-refractivity contribution in [1.82, 2.24) is 20.1 Å². The molecule has 0 saturated heterocycles. The first kappa shape index (κ1) is 25.4. The molecule has 10 heteroatoms. The Bertz CT molecular complexity index is 908. The maximum atomic E-state index is 13.0. The number of nitrogens with zero attached hydrogens (tertiary/aromatic N) is 3. The Hall–Kier alpha value is -2.23. The first-order chi connectivity index (χ1) is 15.8. The fourth-order valence-electron chi connectivity index (χ4n) is 4.11. The summed E-state index contributed by atoms with van der Waals surface area (Å²) < 4.78 is 41.2. The molecule has 6 nitrogen and oxygen atoms in total. The van der Waals surface area contributed by atoms with Crippen molar-refractivity contribution in [3.05, 3.63) is 35.7 Å². The van der Waals surface area contributed by atoms with Gasteiger partial charge >= 0.3 is 6.18 Å². The fourth-order valence-corrected chi connectivity index (χ4v) is 4.95. The fraction of sp³-hybridized carbons (Fsp3) is 0.609. The molecule has 3 rings (SSSR count). The molecule has 0 spiro atoms. The Morgan fingerprint density at radius 1 is 1.18 bits per heavy atom. The summed E-state index contributed by atoms with van der Waals surface area (Å²) in [4.78, 5) is 12.4. The number of hydrogen-bond acceptors (Lipinski definition) is 5. The topological polar surface area (TPSA) is 71.8 Å². The van der Waals surface area contributed by atoms with Gasteiger partial charge in [0.15, 0.2) is 11.0 Å². The van der Waals surface area contributed by atoms with E-state index in [9.17, 15) is 18.0 Å². The van der Waals surface area contributed by atoms with Crippen LogP contribution in [-0.4, -0.2) is 32.5 Å². The molecule has 0 radical (unpaired) electrons. The molecule has 1 saturated carbocycles. The summed E-state index contributed by atoms with van der Waals surface area (Å²) in [6.45, 7) is 4.35. The lowest BCUT2D eigenvalue weighted by molar-refractivity contribution is -0.137. The highest BCUT2D eigenvalue weighted by molar-refractivity contribution is 7.99. The van der Waals surface area contributed by atoms with Gasteiger partial charge in [0.05, 0.1) is 17.9 Å². The molecular weight excluding hydrogens is 451 g/mol. The first-order valence-electron chi connectivity index (χ1n) is 11.6. The number of anilines is 1. The molecule has 1 fully saturated rings. The van der Waals surface area contributed by atoms with Gasteiger partial charge in [0.2, 0.25) is 5.91 Å². The van der Waals surface area contributed by atoms with Gasteiger partial charge in [-0.05, 0) is 43.9 Å². The first-order valence-corrected chi connectivity index (χ1v) is 12.6. The van der Waals surface area contributed by atoms with E-state index < -0.39 is 11.7 Å². The van der Waals surface area contributed by atoms with Crippen LogP contribution in [0, 0.1) is 0 Å². The number of nitrogens with one attached hydrogen (secondary N) is 2. The largest absolute Gasteiger partial charge is 0.416 e. The van der Waals surface area contributed by atoms with E-state index in [0.29, 0.717) is 16.7 Å². The molecule has 1 aromatic carbocycles. The van der Waals surface area contributed by atoms with Gasteiger partial charge < -0.3 is 15.2 Å². The van der Waals surface area contributed by atoms with Crippen LogP contribution in [0.4, 0.5) is 18.9 Å². The van der Waals surface area contributed by atoms with E-state index in [4.69, 9.17) is 0 Å². The minimum absolute atomic E-state index is 0.0319. The monoisotopic (exact) mass is 483 g/mol. The van der Waals surface area contributed by atoms with E-state index >= 15 is 0 Å². The number of aromatic nitrogens is 3. The number of amides is 1. The number of carbonyl (C=O) groups excluding carboxylic acids is 1. The van der Waals surface area contributed by atoms with E-state index in [1.807, 2.05) is 13.8 Å². The van der Waals surface area contributed by atoms with E-state index in [2.05, 4.69) is 25.4 Å². The number of rotatable bonds is 10. The summed E-state index contributed by atoms with van der Waals surface area (Å²) in [6.07, 6.45) is 2.80. The van der Waals surface area contributed by atoms with E-state index in [1.54, 1.807) is 6.07 Å². The lowest BCUT2D eigenvalue weighted by Gasteiger charge is -2.25. The molecular formula is C23H32F3N5OS. The molecule has 1 heterocycles. The Labute approximate surface area is 197 Å². The maximum Gasteiger partial charge on any atom is 0.416 e. The molecule has 0 unspecified atom stereocenters. The second-order valence-electron chi connectivity index (χ2n) is 8.36. The Kier molecular flexibility index (Phi) is 9.05. The molecule has 1 aliphatic carbocycles. The average molecular weight is 484 g/mol. The highest BCUT2D eigenvalue weighted by Crippen LogP contribution is 2.33. The second kappa shape index (κ2) is 11.8. The quantitative estimate of drug-likeness (QED) is 0.417. The number of benzene rings is 1. The van der Waals surface area contributed by atoms with Crippen molar-refractivity contribution in [3.8, 4) is 0 Å². The van der Waals surface area contributed by atoms with Gasteiger partial charge in [-0.3, -0.25) is 4.79 Å². The highest BCUT2D eigenvalue weighted by atomic mass is 32.2. The molecule has 0 bridgehead atoms. The maximum absolute atomic E-state index is 13.0.